The van der Waals surface area contributed by atoms with Crippen LogP contribution >= 0.6 is 12.2 Å². The predicted octanol–water partition coefficient (Wildman–Crippen LogP) is 2.76. The quantitative estimate of drug-likeness (QED) is 0.725. The third-order valence-corrected chi connectivity index (χ3v) is 2.94. The Morgan fingerprint density at radius 1 is 1.21 bits per heavy atom. The van der Waals surface area contributed by atoms with Crippen LogP contribution in [0.3, 0.4) is 0 Å². The number of benzene rings is 1. The number of fused-ring (bicyclic) bond motifs is 1. The minimum atomic E-state index is 0.242. The molecule has 0 saturated heterocycles. The molecule has 2 heterocycles. The van der Waals surface area contributed by atoms with Crippen molar-refractivity contribution in [1.82, 2.24) is 19.9 Å². The number of pyridine rings is 1. The van der Waals surface area contributed by atoms with Crippen LogP contribution in [-0.2, 0) is 0 Å². The minimum absolute atomic E-state index is 0.242. The summed E-state index contributed by atoms with van der Waals surface area (Å²) >= 11 is 5.04. The molecular weight excluding hydrogens is 260 g/mol. The van der Waals surface area contributed by atoms with E-state index in [1.807, 2.05) is 24.3 Å². The van der Waals surface area contributed by atoms with Crippen molar-refractivity contribution >= 4 is 23.0 Å². The Balaban J connectivity index is 2.30. The summed E-state index contributed by atoms with van der Waals surface area (Å²) in [4.78, 5) is 15.4. The summed E-state index contributed by atoms with van der Waals surface area (Å²) in [6, 6.07) is 8.23. The van der Waals surface area contributed by atoms with Crippen molar-refractivity contribution in [3.8, 4) is 17.4 Å². The molecule has 5 nitrogen and oxygen atoms in total. The summed E-state index contributed by atoms with van der Waals surface area (Å²) in [5.41, 5.74) is 0.914. The van der Waals surface area contributed by atoms with Crippen LogP contribution in [-0.4, -0.2) is 27.0 Å². The summed E-state index contributed by atoms with van der Waals surface area (Å²) < 4.78 is 5.32. The van der Waals surface area contributed by atoms with Crippen LogP contribution in [0.1, 0.15) is 0 Å². The number of rotatable bonds is 2. The van der Waals surface area contributed by atoms with Crippen molar-refractivity contribution in [3.05, 3.63) is 41.4 Å². The maximum absolute atomic E-state index is 5.08. The maximum Gasteiger partial charge on any atom is 0.297 e. The smallest absolute Gasteiger partial charge is 0.297 e. The summed E-state index contributed by atoms with van der Waals surface area (Å²) in [6.07, 6.45) is 3.56. The number of aromatic amines is 1. The van der Waals surface area contributed by atoms with Crippen molar-refractivity contribution in [3.63, 3.8) is 0 Å². The van der Waals surface area contributed by atoms with Gasteiger partial charge < -0.3 is 4.74 Å². The number of aromatic nitrogens is 4. The van der Waals surface area contributed by atoms with Gasteiger partial charge in [-0.1, -0.05) is 18.2 Å². The van der Waals surface area contributed by atoms with Crippen molar-refractivity contribution in [2.75, 3.05) is 7.11 Å². The number of nitrogens with one attached hydrogen (secondary N) is 1. The highest BCUT2D eigenvalue weighted by Crippen LogP contribution is 2.25. The Kier molecular flexibility index (Phi) is 2.92. The lowest BCUT2D eigenvalue weighted by Gasteiger charge is -2.06. The first-order chi connectivity index (χ1) is 9.28. The summed E-state index contributed by atoms with van der Waals surface area (Å²) in [5.74, 6) is 0.621. The summed E-state index contributed by atoms with van der Waals surface area (Å²) in [7, 11) is 1.53. The van der Waals surface area contributed by atoms with E-state index in [1.165, 1.54) is 7.11 Å². The van der Waals surface area contributed by atoms with E-state index >= 15 is 0 Å². The molecule has 0 aliphatic heterocycles. The molecule has 6 heteroatoms. The lowest BCUT2D eigenvalue weighted by atomic mass is 10.1. The third kappa shape index (κ3) is 2.17. The van der Waals surface area contributed by atoms with Gasteiger partial charge in [0.05, 0.1) is 7.11 Å². The van der Waals surface area contributed by atoms with Crippen LogP contribution in [0.2, 0.25) is 0 Å². The van der Waals surface area contributed by atoms with Gasteiger partial charge in [-0.05, 0) is 23.7 Å². The van der Waals surface area contributed by atoms with Crippen LogP contribution in [0.15, 0.2) is 36.7 Å². The van der Waals surface area contributed by atoms with E-state index < -0.39 is 0 Å². The molecule has 0 radical (unpaired) electrons. The highest BCUT2D eigenvalue weighted by Gasteiger charge is 2.07. The van der Waals surface area contributed by atoms with Gasteiger partial charge in [0, 0.05) is 23.3 Å². The van der Waals surface area contributed by atoms with E-state index in [2.05, 4.69) is 19.9 Å². The fourth-order valence-electron chi connectivity index (χ4n) is 1.91. The molecule has 19 heavy (non-hydrogen) atoms. The predicted molar refractivity (Wildman–Crippen MR) is 74.5 cm³/mol. The normalized spacial score (nSPS) is 10.6. The average molecular weight is 270 g/mol. The van der Waals surface area contributed by atoms with Crippen molar-refractivity contribution in [2.45, 2.75) is 0 Å². The average Bonchev–Trinajstić information content (AvgIpc) is 2.46. The van der Waals surface area contributed by atoms with E-state index in [1.54, 1.807) is 12.4 Å². The number of nitrogens with zero attached hydrogens (tertiary/aromatic N) is 3. The molecule has 0 aliphatic carbocycles. The molecular formula is C13H10N4OS. The zero-order valence-electron chi connectivity index (χ0n) is 10.1. The van der Waals surface area contributed by atoms with Crippen LogP contribution in [0.4, 0.5) is 0 Å². The molecule has 0 spiro atoms. The zero-order chi connectivity index (χ0) is 13.2. The molecule has 3 aromatic rings. The second-order valence-electron chi connectivity index (χ2n) is 3.89. The topological polar surface area (TPSA) is 63.7 Å². The van der Waals surface area contributed by atoms with Crippen LogP contribution in [0.25, 0.3) is 22.2 Å². The highest BCUT2D eigenvalue weighted by molar-refractivity contribution is 7.71. The van der Waals surface area contributed by atoms with Crippen molar-refractivity contribution in [1.29, 1.82) is 0 Å². The Morgan fingerprint density at radius 3 is 2.95 bits per heavy atom. The lowest BCUT2D eigenvalue weighted by Crippen LogP contribution is -1.98. The Labute approximate surface area is 114 Å². The van der Waals surface area contributed by atoms with Crippen LogP contribution < -0.4 is 4.74 Å². The molecule has 94 valence electrons. The molecule has 1 N–H and O–H groups in total. The second kappa shape index (κ2) is 4.74. The first-order valence-corrected chi connectivity index (χ1v) is 6.04. The molecule has 0 bridgehead atoms. The van der Waals surface area contributed by atoms with Gasteiger partial charge in [-0.25, -0.2) is 4.98 Å². The molecule has 3 rings (SSSR count). The number of hydrogen-bond donors (Lipinski definition) is 1. The molecule has 0 amide bonds. The minimum Gasteiger partial charge on any atom is -0.468 e. The molecule has 0 atom stereocenters. The van der Waals surface area contributed by atoms with Gasteiger partial charge in [0.1, 0.15) is 5.82 Å². The van der Waals surface area contributed by atoms with Gasteiger partial charge in [-0.2, -0.15) is 4.98 Å². The molecule has 0 unspecified atom stereocenters. The van der Waals surface area contributed by atoms with E-state index in [-0.39, 0.29) is 4.77 Å². The summed E-state index contributed by atoms with van der Waals surface area (Å²) in [6.45, 7) is 0. The van der Waals surface area contributed by atoms with Gasteiger partial charge in [0.15, 0.2) is 0 Å². The zero-order valence-corrected chi connectivity index (χ0v) is 10.9. The Hall–Kier alpha value is -2.34. The lowest BCUT2D eigenvalue weighted by molar-refractivity contribution is 0.378. The van der Waals surface area contributed by atoms with Gasteiger partial charge in [0.25, 0.3) is 6.01 Å². The molecule has 0 fully saturated rings. The van der Waals surface area contributed by atoms with E-state index in [0.717, 1.165) is 16.3 Å². The van der Waals surface area contributed by atoms with Crippen LogP contribution in [0.5, 0.6) is 6.01 Å². The fraction of sp³-hybridized carbons (Fsp3) is 0.0769. The fourth-order valence-corrected chi connectivity index (χ4v) is 2.08. The van der Waals surface area contributed by atoms with Crippen LogP contribution in [0, 0.1) is 4.77 Å². The molecule has 2 aromatic heterocycles. The molecule has 0 aliphatic rings. The maximum atomic E-state index is 5.08. The van der Waals surface area contributed by atoms with E-state index in [4.69, 9.17) is 17.0 Å². The Bertz CT molecular complexity index is 795. The number of methoxy groups -OCH3 is 1. The number of hydrogen-bond acceptors (Lipinski definition) is 5. The third-order valence-electron chi connectivity index (χ3n) is 2.76. The SMILES string of the molecule is COc1nc(=S)nc(-c2cccc3ccncc23)[nH]1. The van der Waals surface area contributed by atoms with Gasteiger partial charge in [-0.3, -0.25) is 9.97 Å². The largest absolute Gasteiger partial charge is 0.468 e. The number of ether oxygens (including phenoxy) is 1. The molecule has 0 saturated carbocycles. The van der Waals surface area contributed by atoms with Gasteiger partial charge in [0.2, 0.25) is 4.77 Å². The first kappa shape index (κ1) is 11.7. The summed E-state index contributed by atoms with van der Waals surface area (Å²) in [5, 5.41) is 2.08. The second-order valence-corrected chi connectivity index (χ2v) is 4.26. The van der Waals surface area contributed by atoms with Crippen molar-refractivity contribution in [2.24, 2.45) is 0 Å². The Morgan fingerprint density at radius 2 is 2.11 bits per heavy atom. The monoisotopic (exact) mass is 270 g/mol. The van der Waals surface area contributed by atoms with Crippen molar-refractivity contribution < 1.29 is 4.74 Å². The highest BCUT2D eigenvalue weighted by atomic mass is 32.1. The van der Waals surface area contributed by atoms with Gasteiger partial charge in [-0.15, -0.1) is 0 Å². The van der Waals surface area contributed by atoms with E-state index in [0.29, 0.717) is 11.8 Å². The molecule has 1 aromatic carbocycles. The van der Waals surface area contributed by atoms with E-state index in [9.17, 15) is 0 Å². The van der Waals surface area contributed by atoms with Gasteiger partial charge >= 0.3 is 0 Å². The first-order valence-electron chi connectivity index (χ1n) is 5.63. The standard InChI is InChI=1S/C13H10N4OS/c1-18-12-15-11(16-13(19)17-12)9-4-2-3-8-5-6-14-7-10(8)9/h2-7H,1H3,(H,15,16,17,19). The number of H-pyrrole nitrogens is 1.